The van der Waals surface area contributed by atoms with E-state index >= 15 is 0 Å². The second-order valence-electron chi connectivity index (χ2n) is 6.32. The second kappa shape index (κ2) is 9.02. The molecule has 0 bridgehead atoms. The number of rotatable bonds is 5. The van der Waals surface area contributed by atoms with E-state index in [1.54, 1.807) is 60.9 Å². The van der Waals surface area contributed by atoms with E-state index in [0.717, 1.165) is 5.56 Å². The summed E-state index contributed by atoms with van der Waals surface area (Å²) in [4.78, 5) is 15.0. The molecule has 8 heteroatoms. The highest BCUT2D eigenvalue weighted by atomic mass is 35.5. The maximum atomic E-state index is 13.0. The van der Waals surface area contributed by atoms with Gasteiger partial charge >= 0.3 is 0 Å². The molecule has 4 rings (SSSR count). The lowest BCUT2D eigenvalue weighted by atomic mass is 10.2. The Kier molecular flexibility index (Phi) is 6.02. The average molecular weight is 438 g/mol. The van der Waals surface area contributed by atoms with Gasteiger partial charge in [-0.05, 0) is 59.8 Å². The van der Waals surface area contributed by atoms with Crippen LogP contribution in [0.4, 0.5) is 0 Å². The van der Waals surface area contributed by atoms with E-state index < -0.39 is 0 Å². The van der Waals surface area contributed by atoms with Crippen LogP contribution in [0.25, 0.3) is 6.08 Å². The molecule has 150 valence electrons. The standard InChI is InChI=1S/C22H16ClN3O3S/c23-17-9-7-15(8-10-17)12-20-21(28)26(14-18-5-3-11-29-18)22(30-20)25-24-13-16-4-1-2-6-19(16)27/h1-13,27H,14H2/b20-12-,24-13-,25-22+. The summed E-state index contributed by atoms with van der Waals surface area (Å²) in [5, 5.41) is 19.2. The van der Waals surface area contributed by atoms with Crippen molar-refractivity contribution in [1.82, 2.24) is 4.90 Å². The number of hydrogen-bond acceptors (Lipinski definition) is 6. The minimum Gasteiger partial charge on any atom is -0.507 e. The highest BCUT2D eigenvalue weighted by Gasteiger charge is 2.34. The van der Waals surface area contributed by atoms with Gasteiger partial charge in [-0.3, -0.25) is 9.69 Å². The predicted octanol–water partition coefficient (Wildman–Crippen LogP) is 5.15. The normalized spacial score (nSPS) is 17.0. The van der Waals surface area contributed by atoms with Crippen LogP contribution < -0.4 is 0 Å². The monoisotopic (exact) mass is 437 g/mol. The summed E-state index contributed by atoms with van der Waals surface area (Å²) in [6.07, 6.45) is 4.79. The number of amidine groups is 1. The van der Waals surface area contributed by atoms with Gasteiger partial charge in [0.15, 0.2) is 5.17 Å². The molecule has 1 amide bonds. The third-order valence-electron chi connectivity index (χ3n) is 4.23. The van der Waals surface area contributed by atoms with E-state index in [2.05, 4.69) is 10.2 Å². The van der Waals surface area contributed by atoms with Crippen molar-refractivity contribution < 1.29 is 14.3 Å². The molecule has 6 nitrogen and oxygen atoms in total. The number of aromatic hydroxyl groups is 1. The van der Waals surface area contributed by atoms with Crippen molar-refractivity contribution >= 4 is 46.7 Å². The molecule has 1 N–H and O–H groups in total. The lowest BCUT2D eigenvalue weighted by Crippen LogP contribution is -2.28. The van der Waals surface area contributed by atoms with Crippen LogP contribution in [-0.2, 0) is 11.3 Å². The Hall–Kier alpha value is -3.29. The molecule has 1 aliphatic heterocycles. The number of benzene rings is 2. The maximum absolute atomic E-state index is 13.0. The summed E-state index contributed by atoms with van der Waals surface area (Å²) in [6, 6.07) is 17.6. The largest absolute Gasteiger partial charge is 0.507 e. The van der Waals surface area contributed by atoms with Gasteiger partial charge in [-0.15, -0.1) is 5.10 Å². The van der Waals surface area contributed by atoms with Gasteiger partial charge in [-0.2, -0.15) is 5.10 Å². The molecule has 2 aromatic carbocycles. The molecular weight excluding hydrogens is 422 g/mol. The van der Waals surface area contributed by atoms with Crippen LogP contribution >= 0.6 is 23.4 Å². The summed E-state index contributed by atoms with van der Waals surface area (Å²) in [6.45, 7) is 0.238. The lowest BCUT2D eigenvalue weighted by Gasteiger charge is -2.12. The van der Waals surface area contributed by atoms with E-state index in [-0.39, 0.29) is 18.2 Å². The fraction of sp³-hybridized carbons (Fsp3) is 0.0455. The minimum absolute atomic E-state index is 0.104. The Labute approximate surface area is 182 Å². The molecule has 1 aromatic heterocycles. The van der Waals surface area contributed by atoms with Crippen LogP contribution in [0.3, 0.4) is 0 Å². The number of carbonyl (C=O) groups excluding carboxylic acids is 1. The fourth-order valence-electron chi connectivity index (χ4n) is 2.73. The Bertz CT molecular complexity index is 1140. The second-order valence-corrected chi connectivity index (χ2v) is 7.76. The van der Waals surface area contributed by atoms with Crippen molar-refractivity contribution in [1.29, 1.82) is 0 Å². The van der Waals surface area contributed by atoms with Gasteiger partial charge < -0.3 is 9.52 Å². The van der Waals surface area contributed by atoms with Crippen LogP contribution in [-0.4, -0.2) is 27.3 Å². The molecule has 3 aromatic rings. The molecule has 2 heterocycles. The molecule has 0 unspecified atom stereocenters. The summed E-state index contributed by atoms with van der Waals surface area (Å²) in [7, 11) is 0. The Morgan fingerprint density at radius 3 is 2.63 bits per heavy atom. The molecule has 0 radical (unpaired) electrons. The van der Waals surface area contributed by atoms with Gasteiger partial charge in [-0.25, -0.2) is 0 Å². The van der Waals surface area contributed by atoms with Crippen LogP contribution in [0.15, 0.2) is 86.5 Å². The van der Waals surface area contributed by atoms with Crippen molar-refractivity contribution in [3.05, 3.63) is 93.7 Å². The van der Waals surface area contributed by atoms with Crippen LogP contribution in [0, 0.1) is 0 Å². The number of nitrogens with zero attached hydrogens (tertiary/aromatic N) is 3. The van der Waals surface area contributed by atoms with E-state index in [4.69, 9.17) is 16.0 Å². The third kappa shape index (κ3) is 4.64. The Balaban J connectivity index is 1.62. The lowest BCUT2D eigenvalue weighted by molar-refractivity contribution is -0.122. The minimum atomic E-state index is -0.192. The van der Waals surface area contributed by atoms with Crippen LogP contribution in [0.2, 0.25) is 5.02 Å². The zero-order valence-electron chi connectivity index (χ0n) is 15.6. The molecule has 0 spiro atoms. The average Bonchev–Trinajstić information content (AvgIpc) is 3.35. The number of amides is 1. The van der Waals surface area contributed by atoms with Crippen LogP contribution in [0.1, 0.15) is 16.9 Å². The molecular formula is C22H16ClN3O3S. The maximum Gasteiger partial charge on any atom is 0.267 e. The SMILES string of the molecule is O=C1/C(=C/c2ccc(Cl)cc2)S/C(=N/N=C\c2ccccc2O)N1Cc1ccco1. The summed E-state index contributed by atoms with van der Waals surface area (Å²) >= 11 is 7.16. The quantitative estimate of drug-likeness (QED) is 0.340. The topological polar surface area (TPSA) is 78.4 Å². The number of furan rings is 1. The van der Waals surface area contributed by atoms with Gasteiger partial charge in [0.1, 0.15) is 11.5 Å². The third-order valence-corrected chi connectivity index (χ3v) is 5.48. The molecule has 1 fully saturated rings. The first-order chi connectivity index (χ1) is 14.6. The van der Waals surface area contributed by atoms with Crippen molar-refractivity contribution in [2.45, 2.75) is 6.54 Å². The predicted molar refractivity (Wildman–Crippen MR) is 119 cm³/mol. The number of halogens is 1. The van der Waals surface area contributed by atoms with Gasteiger partial charge in [-0.1, -0.05) is 35.9 Å². The summed E-state index contributed by atoms with van der Waals surface area (Å²) < 4.78 is 5.38. The molecule has 0 atom stereocenters. The van der Waals surface area contributed by atoms with Gasteiger partial charge in [0.2, 0.25) is 0 Å². The van der Waals surface area contributed by atoms with Gasteiger partial charge in [0.25, 0.3) is 5.91 Å². The van der Waals surface area contributed by atoms with Crippen molar-refractivity contribution in [2.24, 2.45) is 10.2 Å². The number of para-hydroxylation sites is 1. The number of hydrogen-bond donors (Lipinski definition) is 1. The van der Waals surface area contributed by atoms with Gasteiger partial charge in [0, 0.05) is 10.6 Å². The van der Waals surface area contributed by atoms with E-state index in [0.29, 0.717) is 26.4 Å². The zero-order chi connectivity index (χ0) is 20.9. The summed E-state index contributed by atoms with van der Waals surface area (Å²) in [5.74, 6) is 0.546. The van der Waals surface area contributed by atoms with Gasteiger partial charge in [0.05, 0.1) is 23.9 Å². The smallest absolute Gasteiger partial charge is 0.267 e. The van der Waals surface area contributed by atoms with E-state index in [1.165, 1.54) is 22.9 Å². The van der Waals surface area contributed by atoms with E-state index in [1.807, 2.05) is 12.1 Å². The molecule has 1 aliphatic rings. The number of thioether (sulfide) groups is 1. The summed E-state index contributed by atoms with van der Waals surface area (Å²) in [5.41, 5.74) is 1.39. The number of carbonyl (C=O) groups is 1. The zero-order valence-corrected chi connectivity index (χ0v) is 17.2. The first-order valence-corrected chi connectivity index (χ1v) is 10.2. The molecule has 0 saturated carbocycles. The van der Waals surface area contributed by atoms with Crippen molar-refractivity contribution in [3.8, 4) is 5.75 Å². The van der Waals surface area contributed by atoms with Crippen LogP contribution in [0.5, 0.6) is 5.75 Å². The first-order valence-electron chi connectivity index (χ1n) is 8.98. The molecule has 30 heavy (non-hydrogen) atoms. The van der Waals surface area contributed by atoms with Crippen molar-refractivity contribution in [3.63, 3.8) is 0 Å². The van der Waals surface area contributed by atoms with E-state index in [9.17, 15) is 9.90 Å². The van der Waals surface area contributed by atoms with Crippen molar-refractivity contribution in [2.75, 3.05) is 0 Å². The highest BCUT2D eigenvalue weighted by molar-refractivity contribution is 8.18. The highest BCUT2D eigenvalue weighted by Crippen LogP contribution is 2.34. The number of phenolic OH excluding ortho intramolecular Hbond substituents is 1. The fourth-order valence-corrected chi connectivity index (χ4v) is 3.79. The Morgan fingerprint density at radius 1 is 1.10 bits per heavy atom. The molecule has 1 saturated heterocycles. The number of phenols is 1. The Morgan fingerprint density at radius 2 is 1.90 bits per heavy atom. The molecule has 0 aliphatic carbocycles. The first kappa shape index (κ1) is 20.0.